The van der Waals surface area contributed by atoms with Gasteiger partial charge in [0.05, 0.1) is 12.0 Å². The molecule has 2 aliphatic rings. The number of thiophene rings is 1. The van der Waals surface area contributed by atoms with E-state index >= 15 is 0 Å². The van der Waals surface area contributed by atoms with Crippen LogP contribution in [0.4, 0.5) is 0 Å². The fourth-order valence-electron chi connectivity index (χ4n) is 3.67. The Morgan fingerprint density at radius 2 is 2.29 bits per heavy atom. The molecule has 4 nitrogen and oxygen atoms in total. The molecule has 0 unspecified atom stereocenters. The van der Waals surface area contributed by atoms with Crippen LogP contribution in [-0.2, 0) is 16.1 Å². The molecule has 0 aliphatic carbocycles. The van der Waals surface area contributed by atoms with E-state index in [0.29, 0.717) is 12.5 Å². The molecule has 1 spiro atoms. The average molecular weight is 308 g/mol. The van der Waals surface area contributed by atoms with E-state index < -0.39 is 0 Å². The summed E-state index contributed by atoms with van der Waals surface area (Å²) in [6.45, 7) is 5.31. The first kappa shape index (κ1) is 15.0. The minimum absolute atomic E-state index is 0.122. The van der Waals surface area contributed by atoms with E-state index in [1.54, 1.807) is 18.4 Å². The number of carbonyl (C=O) groups excluding carboxylic acids is 1. The number of methoxy groups -OCH3 is 1. The summed E-state index contributed by atoms with van der Waals surface area (Å²) in [6, 6.07) is 4.29. The Morgan fingerprint density at radius 3 is 3.05 bits per heavy atom. The van der Waals surface area contributed by atoms with Crippen molar-refractivity contribution < 1.29 is 9.53 Å². The minimum atomic E-state index is -0.122. The molecule has 0 aromatic carbocycles. The number of nitrogens with zero attached hydrogens (tertiary/aromatic N) is 2. The van der Waals surface area contributed by atoms with Crippen LogP contribution in [0.15, 0.2) is 17.5 Å². The van der Waals surface area contributed by atoms with Crippen LogP contribution in [0.3, 0.4) is 0 Å². The van der Waals surface area contributed by atoms with Crippen LogP contribution >= 0.6 is 11.3 Å². The molecule has 1 aromatic heterocycles. The third-order valence-electron chi connectivity index (χ3n) is 4.78. The second-order valence-electron chi connectivity index (χ2n) is 6.21. The van der Waals surface area contributed by atoms with E-state index in [1.165, 1.54) is 4.88 Å². The first-order valence-electron chi connectivity index (χ1n) is 7.77. The lowest BCUT2D eigenvalue weighted by molar-refractivity contribution is -0.139. The van der Waals surface area contributed by atoms with Crippen molar-refractivity contribution >= 4 is 17.2 Å². The molecule has 21 heavy (non-hydrogen) atoms. The van der Waals surface area contributed by atoms with Gasteiger partial charge in [-0.3, -0.25) is 9.69 Å². The van der Waals surface area contributed by atoms with Crippen molar-refractivity contribution in [1.29, 1.82) is 0 Å². The summed E-state index contributed by atoms with van der Waals surface area (Å²) < 4.78 is 5.12. The molecule has 0 saturated carbocycles. The highest BCUT2D eigenvalue weighted by Gasteiger charge is 2.48. The quantitative estimate of drug-likeness (QED) is 0.836. The van der Waals surface area contributed by atoms with Gasteiger partial charge in [-0.25, -0.2) is 0 Å². The number of likely N-dealkylation sites (tertiary alicyclic amines) is 2. The van der Waals surface area contributed by atoms with E-state index in [9.17, 15) is 4.79 Å². The molecule has 0 N–H and O–H groups in total. The SMILES string of the molecule is COCCN1CC[C@@]2(CCCN(Cc3cccs3)C2)C1=O. The monoisotopic (exact) mass is 308 g/mol. The lowest BCUT2D eigenvalue weighted by Crippen LogP contribution is -2.47. The third-order valence-corrected chi connectivity index (χ3v) is 5.64. The summed E-state index contributed by atoms with van der Waals surface area (Å²) >= 11 is 1.81. The maximum atomic E-state index is 12.8. The number of amides is 1. The molecule has 0 radical (unpaired) electrons. The molecule has 0 bridgehead atoms. The van der Waals surface area contributed by atoms with Gasteiger partial charge in [0.1, 0.15) is 0 Å². The molecule has 116 valence electrons. The van der Waals surface area contributed by atoms with E-state index in [1.807, 2.05) is 4.90 Å². The van der Waals surface area contributed by atoms with Gasteiger partial charge in [-0.1, -0.05) is 6.07 Å². The summed E-state index contributed by atoms with van der Waals surface area (Å²) in [5.74, 6) is 0.357. The molecular weight excluding hydrogens is 284 g/mol. The molecular formula is C16H24N2O2S. The lowest BCUT2D eigenvalue weighted by atomic mass is 9.78. The highest BCUT2D eigenvalue weighted by Crippen LogP contribution is 2.40. The van der Waals surface area contributed by atoms with Gasteiger partial charge >= 0.3 is 0 Å². The van der Waals surface area contributed by atoms with Crippen LogP contribution < -0.4 is 0 Å². The molecule has 2 saturated heterocycles. The van der Waals surface area contributed by atoms with Crippen molar-refractivity contribution in [3.8, 4) is 0 Å². The first-order chi connectivity index (χ1) is 10.2. The number of ether oxygens (including phenoxy) is 1. The normalized spacial score (nSPS) is 26.9. The number of rotatable bonds is 5. The third kappa shape index (κ3) is 3.15. The largest absolute Gasteiger partial charge is 0.383 e. The summed E-state index contributed by atoms with van der Waals surface area (Å²) in [4.78, 5) is 18.6. The van der Waals surface area contributed by atoms with Gasteiger partial charge in [-0.2, -0.15) is 0 Å². The molecule has 1 amide bonds. The summed E-state index contributed by atoms with van der Waals surface area (Å²) in [5.41, 5.74) is -0.122. The number of hydrogen-bond acceptors (Lipinski definition) is 4. The van der Waals surface area contributed by atoms with Crippen LogP contribution in [0, 0.1) is 5.41 Å². The first-order valence-corrected chi connectivity index (χ1v) is 8.64. The average Bonchev–Trinajstić information content (AvgIpc) is 3.09. The molecule has 3 rings (SSSR count). The minimum Gasteiger partial charge on any atom is -0.383 e. The van der Waals surface area contributed by atoms with Crippen molar-refractivity contribution in [1.82, 2.24) is 9.80 Å². The van der Waals surface area contributed by atoms with Crippen LogP contribution in [0.2, 0.25) is 0 Å². The maximum Gasteiger partial charge on any atom is 0.230 e. The predicted octanol–water partition coefficient (Wildman–Crippen LogP) is 2.21. The Balaban J connectivity index is 1.63. The van der Waals surface area contributed by atoms with E-state index in [-0.39, 0.29) is 5.41 Å². The highest BCUT2D eigenvalue weighted by atomic mass is 32.1. The highest BCUT2D eigenvalue weighted by molar-refractivity contribution is 7.09. The molecule has 5 heteroatoms. The van der Waals surface area contributed by atoms with Crippen molar-refractivity contribution in [2.45, 2.75) is 25.8 Å². The molecule has 1 atom stereocenters. The zero-order valence-electron chi connectivity index (χ0n) is 12.7. The molecule has 3 heterocycles. The summed E-state index contributed by atoms with van der Waals surface area (Å²) in [6.07, 6.45) is 3.20. The Morgan fingerprint density at radius 1 is 1.38 bits per heavy atom. The topological polar surface area (TPSA) is 32.8 Å². The van der Waals surface area contributed by atoms with Gasteiger partial charge in [0.25, 0.3) is 0 Å². The Hall–Kier alpha value is -0.910. The van der Waals surface area contributed by atoms with Gasteiger partial charge < -0.3 is 9.64 Å². The lowest BCUT2D eigenvalue weighted by Gasteiger charge is -2.38. The summed E-state index contributed by atoms with van der Waals surface area (Å²) in [7, 11) is 1.69. The van der Waals surface area contributed by atoms with Gasteiger partial charge in [0.2, 0.25) is 5.91 Å². The van der Waals surface area contributed by atoms with Crippen LogP contribution in [0.5, 0.6) is 0 Å². The van der Waals surface area contributed by atoms with Crippen molar-refractivity contribution in [2.75, 3.05) is 39.9 Å². The van der Waals surface area contributed by atoms with Crippen LogP contribution in [0.25, 0.3) is 0 Å². The maximum absolute atomic E-state index is 12.8. The van der Waals surface area contributed by atoms with E-state index in [2.05, 4.69) is 22.4 Å². The predicted molar refractivity (Wildman–Crippen MR) is 84.3 cm³/mol. The van der Waals surface area contributed by atoms with Crippen LogP contribution in [-0.4, -0.2) is 55.6 Å². The molecule has 2 aliphatic heterocycles. The fraction of sp³-hybridized carbons (Fsp3) is 0.688. The summed E-state index contributed by atoms with van der Waals surface area (Å²) in [5, 5.41) is 2.13. The second-order valence-corrected chi connectivity index (χ2v) is 7.24. The number of piperidine rings is 1. The number of carbonyl (C=O) groups is 1. The Labute approximate surface area is 130 Å². The smallest absolute Gasteiger partial charge is 0.230 e. The molecule has 1 aromatic rings. The van der Waals surface area contributed by atoms with Gasteiger partial charge in [-0.05, 0) is 37.3 Å². The van der Waals surface area contributed by atoms with Crippen molar-refractivity contribution in [2.24, 2.45) is 5.41 Å². The standard InChI is InChI=1S/C16H24N2O2S/c1-20-10-9-18-8-6-16(15(18)19)5-3-7-17(13-16)12-14-4-2-11-21-14/h2,4,11H,3,5-10,12-13H2,1H3/t16-/m1/s1. The van der Waals surface area contributed by atoms with Gasteiger partial charge in [0.15, 0.2) is 0 Å². The van der Waals surface area contributed by atoms with Crippen molar-refractivity contribution in [3.05, 3.63) is 22.4 Å². The Bertz CT molecular complexity index is 477. The Kier molecular flexibility index (Phi) is 4.62. The van der Waals surface area contributed by atoms with E-state index in [4.69, 9.17) is 4.74 Å². The number of hydrogen-bond donors (Lipinski definition) is 0. The van der Waals surface area contributed by atoms with Crippen molar-refractivity contribution in [3.63, 3.8) is 0 Å². The second kappa shape index (κ2) is 6.46. The molecule has 2 fully saturated rings. The zero-order valence-corrected chi connectivity index (χ0v) is 13.5. The van der Waals surface area contributed by atoms with Gasteiger partial charge in [-0.15, -0.1) is 11.3 Å². The van der Waals surface area contributed by atoms with Crippen LogP contribution in [0.1, 0.15) is 24.1 Å². The zero-order chi connectivity index (χ0) is 14.7. The fourth-order valence-corrected chi connectivity index (χ4v) is 4.42. The van der Waals surface area contributed by atoms with Gasteiger partial charge in [0, 0.05) is 38.2 Å². The van der Waals surface area contributed by atoms with E-state index in [0.717, 1.165) is 52.0 Å².